The Morgan fingerprint density at radius 3 is 2.25 bits per heavy atom. The third-order valence-electron chi connectivity index (χ3n) is 2.66. The van der Waals surface area contributed by atoms with Gasteiger partial charge in [0.25, 0.3) is 0 Å². The van der Waals surface area contributed by atoms with Crippen LogP contribution in [0.4, 0.5) is 0 Å². The van der Waals surface area contributed by atoms with Crippen LogP contribution in [0.1, 0.15) is 34.8 Å². The molecule has 1 aromatic rings. The SMILES string of the molecule is COC(=O)CC(O)c1c(C)cc(C)cc1C. The molecule has 0 heterocycles. The van der Waals surface area contributed by atoms with Crippen molar-refractivity contribution in [2.45, 2.75) is 33.3 Å². The Balaban J connectivity index is 2.99. The largest absolute Gasteiger partial charge is 0.469 e. The lowest BCUT2D eigenvalue weighted by Crippen LogP contribution is -2.10. The molecule has 0 saturated heterocycles. The highest BCUT2D eigenvalue weighted by Crippen LogP contribution is 2.25. The van der Waals surface area contributed by atoms with Crippen LogP contribution < -0.4 is 0 Å². The average Bonchev–Trinajstić information content (AvgIpc) is 2.15. The van der Waals surface area contributed by atoms with Gasteiger partial charge in [-0.1, -0.05) is 17.7 Å². The Morgan fingerprint density at radius 1 is 1.31 bits per heavy atom. The van der Waals surface area contributed by atoms with Crippen LogP contribution in [0.15, 0.2) is 12.1 Å². The van der Waals surface area contributed by atoms with Gasteiger partial charge in [-0.15, -0.1) is 0 Å². The van der Waals surface area contributed by atoms with Crippen LogP contribution in [0.25, 0.3) is 0 Å². The molecule has 1 aromatic carbocycles. The topological polar surface area (TPSA) is 46.5 Å². The van der Waals surface area contributed by atoms with Gasteiger partial charge in [-0.05, 0) is 37.5 Å². The van der Waals surface area contributed by atoms with E-state index in [-0.39, 0.29) is 6.42 Å². The van der Waals surface area contributed by atoms with E-state index in [2.05, 4.69) is 4.74 Å². The van der Waals surface area contributed by atoms with E-state index in [4.69, 9.17) is 0 Å². The van der Waals surface area contributed by atoms with Crippen molar-refractivity contribution in [3.63, 3.8) is 0 Å². The first-order chi connectivity index (χ1) is 7.45. The minimum Gasteiger partial charge on any atom is -0.469 e. The molecule has 0 radical (unpaired) electrons. The zero-order valence-electron chi connectivity index (χ0n) is 10.2. The summed E-state index contributed by atoms with van der Waals surface area (Å²) in [6.07, 6.45) is -0.783. The monoisotopic (exact) mass is 222 g/mol. The second kappa shape index (κ2) is 5.12. The molecule has 0 aromatic heterocycles. The molecule has 1 atom stereocenters. The number of hydrogen-bond acceptors (Lipinski definition) is 3. The Morgan fingerprint density at radius 2 is 1.81 bits per heavy atom. The molecule has 0 spiro atoms. The Labute approximate surface area is 96.1 Å². The molecule has 3 heteroatoms. The summed E-state index contributed by atoms with van der Waals surface area (Å²) in [5.41, 5.74) is 4.00. The van der Waals surface area contributed by atoms with Gasteiger partial charge in [0, 0.05) is 0 Å². The van der Waals surface area contributed by atoms with Crippen molar-refractivity contribution in [2.75, 3.05) is 7.11 Å². The zero-order chi connectivity index (χ0) is 12.3. The minimum atomic E-state index is -0.784. The summed E-state index contributed by atoms with van der Waals surface area (Å²) in [5, 5.41) is 9.97. The van der Waals surface area contributed by atoms with Gasteiger partial charge in [-0.3, -0.25) is 4.79 Å². The molecule has 1 rings (SSSR count). The van der Waals surface area contributed by atoms with Crippen molar-refractivity contribution >= 4 is 5.97 Å². The Hall–Kier alpha value is -1.35. The second-order valence-corrected chi connectivity index (χ2v) is 4.11. The Kier molecular flexibility index (Phi) is 4.07. The molecule has 16 heavy (non-hydrogen) atoms. The molecule has 3 nitrogen and oxygen atoms in total. The van der Waals surface area contributed by atoms with E-state index in [9.17, 15) is 9.90 Å². The summed E-state index contributed by atoms with van der Waals surface area (Å²) in [7, 11) is 1.32. The molecule has 0 amide bonds. The van der Waals surface area contributed by atoms with Crippen LogP contribution in [0.3, 0.4) is 0 Å². The van der Waals surface area contributed by atoms with Crippen molar-refractivity contribution in [3.05, 3.63) is 34.4 Å². The number of esters is 1. The highest BCUT2D eigenvalue weighted by Gasteiger charge is 2.17. The summed E-state index contributed by atoms with van der Waals surface area (Å²) in [6, 6.07) is 4.01. The fourth-order valence-electron chi connectivity index (χ4n) is 2.06. The first kappa shape index (κ1) is 12.7. The summed E-state index contributed by atoms with van der Waals surface area (Å²) < 4.78 is 4.55. The molecule has 1 unspecified atom stereocenters. The van der Waals surface area contributed by atoms with Crippen molar-refractivity contribution < 1.29 is 14.6 Å². The van der Waals surface area contributed by atoms with Gasteiger partial charge >= 0.3 is 5.97 Å². The maximum absolute atomic E-state index is 11.1. The minimum absolute atomic E-state index is 0.00123. The maximum atomic E-state index is 11.1. The van der Waals surface area contributed by atoms with Gasteiger partial charge < -0.3 is 9.84 Å². The van der Waals surface area contributed by atoms with Crippen LogP contribution in [0.5, 0.6) is 0 Å². The van der Waals surface area contributed by atoms with E-state index in [1.165, 1.54) is 7.11 Å². The van der Waals surface area contributed by atoms with Gasteiger partial charge in [-0.2, -0.15) is 0 Å². The van der Waals surface area contributed by atoms with E-state index >= 15 is 0 Å². The van der Waals surface area contributed by atoms with Gasteiger partial charge in [0.2, 0.25) is 0 Å². The molecule has 0 aliphatic carbocycles. The predicted molar refractivity (Wildman–Crippen MR) is 62.2 cm³/mol. The van der Waals surface area contributed by atoms with Crippen molar-refractivity contribution in [1.82, 2.24) is 0 Å². The molecular weight excluding hydrogens is 204 g/mol. The van der Waals surface area contributed by atoms with Crippen molar-refractivity contribution in [3.8, 4) is 0 Å². The highest BCUT2D eigenvalue weighted by atomic mass is 16.5. The fourth-order valence-corrected chi connectivity index (χ4v) is 2.06. The van der Waals surface area contributed by atoms with Crippen LogP contribution in [0, 0.1) is 20.8 Å². The van der Waals surface area contributed by atoms with Crippen molar-refractivity contribution in [2.24, 2.45) is 0 Å². The molecule has 0 aliphatic heterocycles. The van der Waals surface area contributed by atoms with Crippen LogP contribution in [-0.4, -0.2) is 18.2 Å². The molecule has 0 bridgehead atoms. The third-order valence-corrected chi connectivity index (χ3v) is 2.66. The number of benzene rings is 1. The van der Waals surface area contributed by atoms with Gasteiger partial charge in [0.15, 0.2) is 0 Å². The predicted octanol–water partition coefficient (Wildman–Crippen LogP) is 2.21. The number of aryl methyl sites for hydroxylation is 3. The molecule has 0 fully saturated rings. The van der Waals surface area contributed by atoms with Crippen LogP contribution >= 0.6 is 0 Å². The molecule has 0 aliphatic rings. The number of methoxy groups -OCH3 is 1. The fraction of sp³-hybridized carbons (Fsp3) is 0.462. The second-order valence-electron chi connectivity index (χ2n) is 4.11. The van der Waals surface area contributed by atoms with Crippen LogP contribution in [0.2, 0.25) is 0 Å². The van der Waals surface area contributed by atoms with E-state index < -0.39 is 12.1 Å². The third kappa shape index (κ3) is 2.83. The molecular formula is C13H18O3. The van der Waals surface area contributed by atoms with Crippen molar-refractivity contribution in [1.29, 1.82) is 0 Å². The summed E-state index contributed by atoms with van der Waals surface area (Å²) >= 11 is 0. The van der Waals surface area contributed by atoms with Gasteiger partial charge in [0.05, 0.1) is 19.6 Å². The van der Waals surface area contributed by atoms with E-state index in [1.54, 1.807) is 0 Å². The maximum Gasteiger partial charge on any atom is 0.308 e. The summed E-state index contributed by atoms with van der Waals surface area (Å²) in [4.78, 5) is 11.1. The number of aliphatic hydroxyl groups excluding tert-OH is 1. The normalized spacial score (nSPS) is 12.3. The number of hydrogen-bond donors (Lipinski definition) is 1. The summed E-state index contributed by atoms with van der Waals surface area (Å²) in [5.74, 6) is -0.396. The number of rotatable bonds is 3. The first-order valence-corrected chi connectivity index (χ1v) is 5.28. The molecule has 88 valence electrons. The Bertz CT molecular complexity index is 373. The standard InChI is InChI=1S/C13H18O3/c1-8-5-9(2)13(10(3)6-8)11(14)7-12(15)16-4/h5-6,11,14H,7H2,1-4H3. The van der Waals surface area contributed by atoms with Gasteiger partial charge in [-0.25, -0.2) is 0 Å². The number of carbonyl (C=O) groups excluding carboxylic acids is 1. The van der Waals surface area contributed by atoms with E-state index in [0.29, 0.717) is 0 Å². The highest BCUT2D eigenvalue weighted by molar-refractivity contribution is 5.70. The summed E-state index contributed by atoms with van der Waals surface area (Å²) in [6.45, 7) is 5.89. The quantitative estimate of drug-likeness (QED) is 0.797. The van der Waals surface area contributed by atoms with E-state index in [1.807, 2.05) is 32.9 Å². The lowest BCUT2D eigenvalue weighted by molar-refractivity contribution is -0.142. The number of ether oxygens (including phenoxy) is 1. The van der Waals surface area contributed by atoms with E-state index in [0.717, 1.165) is 22.3 Å². The lowest BCUT2D eigenvalue weighted by Gasteiger charge is -2.16. The molecule has 1 N–H and O–H groups in total. The van der Waals surface area contributed by atoms with Crippen LogP contribution in [-0.2, 0) is 9.53 Å². The lowest BCUT2D eigenvalue weighted by atomic mass is 9.94. The number of carbonyl (C=O) groups is 1. The smallest absolute Gasteiger partial charge is 0.308 e. The first-order valence-electron chi connectivity index (χ1n) is 5.28. The van der Waals surface area contributed by atoms with Gasteiger partial charge in [0.1, 0.15) is 0 Å². The number of aliphatic hydroxyl groups is 1. The zero-order valence-corrected chi connectivity index (χ0v) is 10.2. The molecule has 0 saturated carbocycles. The average molecular weight is 222 g/mol.